The molecule has 0 aliphatic rings. The highest BCUT2D eigenvalue weighted by molar-refractivity contribution is 5.21. The first-order valence-electron chi connectivity index (χ1n) is 13.8. The molecule has 1 heterocycles. The molecular formula is C29H54N+. The summed E-state index contributed by atoms with van der Waals surface area (Å²) in [5, 5.41) is 0. The van der Waals surface area contributed by atoms with E-state index in [9.17, 15) is 0 Å². The minimum absolute atomic E-state index is 1.09. The highest BCUT2D eigenvalue weighted by Gasteiger charge is 2.08. The van der Waals surface area contributed by atoms with Gasteiger partial charge in [0, 0.05) is 11.6 Å². The maximum absolute atomic E-state index is 2.44. The van der Waals surface area contributed by atoms with Crippen LogP contribution in [0.2, 0.25) is 0 Å². The van der Waals surface area contributed by atoms with Crippen LogP contribution in [0.3, 0.4) is 0 Å². The fourth-order valence-corrected chi connectivity index (χ4v) is 4.54. The maximum Gasteiger partial charge on any atom is 0.172 e. The lowest BCUT2D eigenvalue weighted by Crippen LogP contribution is -2.32. The summed E-state index contributed by atoms with van der Waals surface area (Å²) in [5.74, 6) is 0. The summed E-state index contributed by atoms with van der Waals surface area (Å²) < 4.78 is 2.36. The van der Waals surface area contributed by atoms with Gasteiger partial charge in [-0.15, -0.1) is 0 Å². The van der Waals surface area contributed by atoms with Gasteiger partial charge in [0.25, 0.3) is 0 Å². The van der Waals surface area contributed by atoms with Crippen molar-refractivity contribution < 1.29 is 4.57 Å². The Bertz CT molecular complexity index is 493. The number of hydrogen-bond acceptors (Lipinski definition) is 0. The molecule has 1 aromatic heterocycles. The highest BCUT2D eigenvalue weighted by Crippen LogP contribution is 2.17. The molecule has 0 atom stereocenters. The molecule has 0 radical (unpaired) electrons. The van der Waals surface area contributed by atoms with Crippen molar-refractivity contribution >= 4 is 0 Å². The fourth-order valence-electron chi connectivity index (χ4n) is 4.54. The van der Waals surface area contributed by atoms with Crippen LogP contribution in [-0.2, 0) is 19.4 Å². The van der Waals surface area contributed by atoms with Crippen LogP contribution in [0.1, 0.15) is 147 Å². The summed E-state index contributed by atoms with van der Waals surface area (Å²) in [6, 6.07) is 2.41. The number of aromatic nitrogens is 1. The first-order valence-corrected chi connectivity index (χ1v) is 13.8. The molecule has 0 aromatic carbocycles. The van der Waals surface area contributed by atoms with Crippen LogP contribution in [0.5, 0.6) is 0 Å². The van der Waals surface area contributed by atoms with E-state index in [0.717, 1.165) is 6.54 Å². The van der Waals surface area contributed by atoms with Crippen molar-refractivity contribution in [2.75, 3.05) is 0 Å². The van der Waals surface area contributed by atoms with Gasteiger partial charge in [0.2, 0.25) is 0 Å². The number of hydrogen-bond donors (Lipinski definition) is 0. The summed E-state index contributed by atoms with van der Waals surface area (Å²) in [6.07, 6.45) is 32.9. The summed E-state index contributed by atoms with van der Waals surface area (Å²) >= 11 is 0. The van der Waals surface area contributed by atoms with Crippen LogP contribution in [0.15, 0.2) is 18.5 Å². The predicted molar refractivity (Wildman–Crippen MR) is 134 cm³/mol. The van der Waals surface area contributed by atoms with Crippen molar-refractivity contribution in [1.82, 2.24) is 0 Å². The van der Waals surface area contributed by atoms with E-state index in [-0.39, 0.29) is 0 Å². The molecule has 0 unspecified atom stereocenters. The Balaban J connectivity index is 2.22. The van der Waals surface area contributed by atoms with Gasteiger partial charge in [0.05, 0.1) is 0 Å². The Kier molecular flexibility index (Phi) is 18.2. The second-order valence-electron chi connectivity index (χ2n) is 9.48. The lowest BCUT2D eigenvalue weighted by molar-refractivity contribution is -0.694. The van der Waals surface area contributed by atoms with Crippen LogP contribution in [-0.4, -0.2) is 0 Å². The van der Waals surface area contributed by atoms with Crippen molar-refractivity contribution in [2.24, 2.45) is 0 Å². The van der Waals surface area contributed by atoms with Crippen molar-refractivity contribution in [1.29, 1.82) is 0 Å². The van der Waals surface area contributed by atoms with Gasteiger partial charge in [-0.25, -0.2) is 4.57 Å². The Morgan fingerprint density at radius 3 is 1.33 bits per heavy atom. The summed E-state index contributed by atoms with van der Waals surface area (Å²) in [6.45, 7) is 7.94. The van der Waals surface area contributed by atoms with Gasteiger partial charge in [-0.2, -0.15) is 0 Å². The van der Waals surface area contributed by atoms with Crippen LogP contribution in [0.4, 0.5) is 0 Å². The highest BCUT2D eigenvalue weighted by atomic mass is 14.9. The Morgan fingerprint density at radius 2 is 0.900 bits per heavy atom. The van der Waals surface area contributed by atoms with Gasteiger partial charge < -0.3 is 0 Å². The molecule has 0 saturated heterocycles. The minimum Gasteiger partial charge on any atom is -0.205 e. The van der Waals surface area contributed by atoms with Crippen molar-refractivity contribution in [3.63, 3.8) is 0 Å². The van der Waals surface area contributed by atoms with E-state index >= 15 is 0 Å². The normalized spacial score (nSPS) is 11.3. The molecule has 30 heavy (non-hydrogen) atoms. The van der Waals surface area contributed by atoms with Gasteiger partial charge in [-0.1, -0.05) is 117 Å². The molecule has 174 valence electrons. The number of unbranched alkanes of at least 4 members (excludes halogenated alkanes) is 16. The molecule has 0 amide bonds. The molecule has 0 bridgehead atoms. The smallest absolute Gasteiger partial charge is 0.172 e. The number of rotatable bonds is 21. The number of pyridine rings is 1. The zero-order valence-corrected chi connectivity index (χ0v) is 21.0. The molecular weight excluding hydrogens is 362 g/mol. The van der Waals surface area contributed by atoms with Crippen molar-refractivity contribution in [2.45, 2.75) is 156 Å². The standard InChI is InChI=1S/C29H54N/c1-4-7-9-11-13-15-17-19-21-23-28-25-26-30(6-3)27-29(28)24-22-20-18-16-14-12-10-8-5-2/h25-27H,4-24H2,1-3H3/q+1. The third-order valence-corrected chi connectivity index (χ3v) is 6.67. The van der Waals surface area contributed by atoms with E-state index < -0.39 is 0 Å². The molecule has 0 saturated carbocycles. The van der Waals surface area contributed by atoms with Crippen LogP contribution in [0.25, 0.3) is 0 Å². The van der Waals surface area contributed by atoms with Gasteiger partial charge in [-0.05, 0) is 38.2 Å². The molecule has 0 fully saturated rings. The second-order valence-corrected chi connectivity index (χ2v) is 9.48. The van der Waals surface area contributed by atoms with E-state index in [4.69, 9.17) is 0 Å². The zero-order chi connectivity index (χ0) is 21.7. The Morgan fingerprint density at radius 1 is 0.500 bits per heavy atom. The minimum atomic E-state index is 1.09. The third-order valence-electron chi connectivity index (χ3n) is 6.67. The molecule has 0 N–H and O–H groups in total. The predicted octanol–water partition coefficient (Wildman–Crippen LogP) is 9.14. The van der Waals surface area contributed by atoms with Gasteiger partial charge in [-0.3, -0.25) is 0 Å². The lowest BCUT2D eigenvalue weighted by Gasteiger charge is -2.09. The Labute approximate surface area is 190 Å². The summed E-state index contributed by atoms with van der Waals surface area (Å²) in [4.78, 5) is 0. The molecule has 0 spiro atoms. The summed E-state index contributed by atoms with van der Waals surface area (Å²) in [7, 11) is 0. The SMILES string of the molecule is CCCCCCCCCCCc1cc[n+](CC)cc1CCCCCCCCCCC. The Hall–Kier alpha value is -0.850. The first kappa shape index (κ1) is 27.2. The molecule has 1 aromatic rings. The average molecular weight is 417 g/mol. The van der Waals surface area contributed by atoms with E-state index in [1.54, 1.807) is 11.1 Å². The molecule has 0 aliphatic heterocycles. The van der Waals surface area contributed by atoms with E-state index in [1.807, 2.05) is 0 Å². The largest absolute Gasteiger partial charge is 0.205 e. The van der Waals surface area contributed by atoms with Crippen molar-refractivity contribution in [3.8, 4) is 0 Å². The second kappa shape index (κ2) is 20.1. The topological polar surface area (TPSA) is 3.88 Å². The quantitative estimate of drug-likeness (QED) is 0.139. The number of aryl methyl sites for hydroxylation is 3. The lowest BCUT2D eigenvalue weighted by atomic mass is 9.97. The van der Waals surface area contributed by atoms with Crippen molar-refractivity contribution in [3.05, 3.63) is 29.6 Å². The van der Waals surface area contributed by atoms with E-state index in [2.05, 4.69) is 43.8 Å². The molecule has 1 heteroatoms. The zero-order valence-electron chi connectivity index (χ0n) is 21.0. The average Bonchev–Trinajstić information content (AvgIpc) is 2.77. The van der Waals surface area contributed by atoms with E-state index in [1.165, 1.54) is 128 Å². The van der Waals surface area contributed by atoms with E-state index in [0.29, 0.717) is 0 Å². The summed E-state index contributed by atoms with van der Waals surface area (Å²) in [5.41, 5.74) is 3.25. The van der Waals surface area contributed by atoms with Gasteiger partial charge in [0.1, 0.15) is 6.54 Å². The molecule has 1 nitrogen and oxygen atoms in total. The third kappa shape index (κ3) is 14.2. The monoisotopic (exact) mass is 416 g/mol. The maximum atomic E-state index is 2.44. The van der Waals surface area contributed by atoms with Gasteiger partial charge >= 0.3 is 0 Å². The number of nitrogens with zero attached hydrogens (tertiary/aromatic N) is 1. The first-order chi connectivity index (χ1) is 14.8. The molecule has 0 aliphatic carbocycles. The molecule has 1 rings (SSSR count). The van der Waals surface area contributed by atoms with Crippen LogP contribution < -0.4 is 4.57 Å². The van der Waals surface area contributed by atoms with Gasteiger partial charge in [0.15, 0.2) is 12.4 Å². The van der Waals surface area contributed by atoms with Crippen LogP contribution in [0, 0.1) is 0 Å². The fraction of sp³-hybridized carbons (Fsp3) is 0.828. The van der Waals surface area contributed by atoms with Crippen LogP contribution >= 0.6 is 0 Å².